The largest absolute Gasteiger partial charge is 0.444 e. The number of benzene rings is 1. The molecule has 0 radical (unpaired) electrons. The SMILES string of the molecule is CC(C=O)C(NC(=O)OC(C)(C)C)c1ccccc1. The summed E-state index contributed by atoms with van der Waals surface area (Å²) in [6, 6.07) is 9.00. The molecule has 2 unspecified atom stereocenters. The van der Waals surface area contributed by atoms with Crippen molar-refractivity contribution in [2.75, 3.05) is 0 Å². The molecule has 104 valence electrons. The van der Waals surface area contributed by atoms with E-state index in [0.717, 1.165) is 11.8 Å². The Labute approximate surface area is 114 Å². The van der Waals surface area contributed by atoms with Gasteiger partial charge in [0.05, 0.1) is 6.04 Å². The lowest BCUT2D eigenvalue weighted by atomic mass is 9.96. The molecule has 0 fully saturated rings. The zero-order chi connectivity index (χ0) is 14.5. The molecular formula is C15H21NO3. The first-order valence-corrected chi connectivity index (χ1v) is 6.33. The maximum atomic E-state index is 11.8. The highest BCUT2D eigenvalue weighted by Crippen LogP contribution is 2.21. The Kier molecular flexibility index (Phi) is 5.10. The van der Waals surface area contributed by atoms with Crippen molar-refractivity contribution in [3.05, 3.63) is 35.9 Å². The zero-order valence-corrected chi connectivity index (χ0v) is 11.8. The minimum Gasteiger partial charge on any atom is -0.444 e. The minimum absolute atomic E-state index is 0.324. The van der Waals surface area contributed by atoms with E-state index in [1.54, 1.807) is 27.7 Å². The van der Waals surface area contributed by atoms with Gasteiger partial charge in [0.2, 0.25) is 0 Å². The van der Waals surface area contributed by atoms with Gasteiger partial charge in [-0.25, -0.2) is 4.79 Å². The number of carbonyl (C=O) groups excluding carboxylic acids is 2. The smallest absolute Gasteiger partial charge is 0.408 e. The number of ether oxygens (including phenoxy) is 1. The first kappa shape index (κ1) is 15.2. The van der Waals surface area contributed by atoms with E-state index < -0.39 is 11.7 Å². The molecule has 0 aromatic heterocycles. The van der Waals surface area contributed by atoms with Crippen LogP contribution in [0.2, 0.25) is 0 Å². The third-order valence-corrected chi connectivity index (χ3v) is 2.57. The highest BCUT2D eigenvalue weighted by atomic mass is 16.6. The highest BCUT2D eigenvalue weighted by Gasteiger charge is 2.24. The predicted octanol–water partition coefficient (Wildman–Crippen LogP) is 3.09. The Balaban J connectivity index is 2.82. The first-order valence-electron chi connectivity index (χ1n) is 6.33. The fraction of sp³-hybridized carbons (Fsp3) is 0.467. The monoisotopic (exact) mass is 263 g/mol. The number of aldehydes is 1. The van der Waals surface area contributed by atoms with Gasteiger partial charge in [-0.2, -0.15) is 0 Å². The summed E-state index contributed by atoms with van der Waals surface area (Å²) >= 11 is 0. The van der Waals surface area contributed by atoms with Gasteiger partial charge in [-0.3, -0.25) is 0 Å². The van der Waals surface area contributed by atoms with Crippen LogP contribution in [0.25, 0.3) is 0 Å². The van der Waals surface area contributed by atoms with Gasteiger partial charge >= 0.3 is 6.09 Å². The molecule has 1 rings (SSSR count). The van der Waals surface area contributed by atoms with E-state index in [9.17, 15) is 9.59 Å². The van der Waals surface area contributed by atoms with E-state index in [1.165, 1.54) is 0 Å². The number of nitrogens with one attached hydrogen (secondary N) is 1. The molecule has 19 heavy (non-hydrogen) atoms. The Morgan fingerprint density at radius 3 is 2.32 bits per heavy atom. The third-order valence-electron chi connectivity index (χ3n) is 2.57. The van der Waals surface area contributed by atoms with E-state index in [4.69, 9.17) is 4.74 Å². The highest BCUT2D eigenvalue weighted by molar-refractivity contribution is 5.69. The van der Waals surface area contributed by atoms with Crippen molar-refractivity contribution in [1.82, 2.24) is 5.32 Å². The van der Waals surface area contributed by atoms with Crippen molar-refractivity contribution in [2.24, 2.45) is 5.92 Å². The van der Waals surface area contributed by atoms with E-state index in [1.807, 2.05) is 30.3 Å². The molecular weight excluding hydrogens is 242 g/mol. The molecule has 1 aromatic carbocycles. The molecule has 0 heterocycles. The normalized spacial score (nSPS) is 14.3. The molecule has 0 spiro atoms. The average molecular weight is 263 g/mol. The molecule has 1 amide bonds. The summed E-state index contributed by atoms with van der Waals surface area (Å²) in [4.78, 5) is 22.8. The van der Waals surface area contributed by atoms with Crippen LogP contribution in [0.5, 0.6) is 0 Å². The second-order valence-electron chi connectivity index (χ2n) is 5.53. The fourth-order valence-corrected chi connectivity index (χ4v) is 1.69. The Morgan fingerprint density at radius 2 is 1.84 bits per heavy atom. The number of hydrogen-bond donors (Lipinski definition) is 1. The molecule has 4 nitrogen and oxygen atoms in total. The van der Waals surface area contributed by atoms with Crippen molar-refractivity contribution >= 4 is 12.4 Å². The van der Waals surface area contributed by atoms with Crippen LogP contribution in [0.3, 0.4) is 0 Å². The molecule has 1 aromatic rings. The fourth-order valence-electron chi connectivity index (χ4n) is 1.69. The number of rotatable bonds is 4. The summed E-state index contributed by atoms with van der Waals surface area (Å²) in [5, 5.41) is 2.75. The summed E-state index contributed by atoms with van der Waals surface area (Å²) in [7, 11) is 0. The van der Waals surface area contributed by atoms with Crippen molar-refractivity contribution in [3.8, 4) is 0 Å². The molecule has 0 saturated heterocycles. The van der Waals surface area contributed by atoms with Crippen molar-refractivity contribution in [3.63, 3.8) is 0 Å². The summed E-state index contributed by atoms with van der Waals surface area (Å²) < 4.78 is 5.22. The number of alkyl carbamates (subject to hydrolysis) is 1. The Hall–Kier alpha value is -1.84. The van der Waals surface area contributed by atoms with Crippen molar-refractivity contribution < 1.29 is 14.3 Å². The maximum absolute atomic E-state index is 11.8. The maximum Gasteiger partial charge on any atom is 0.408 e. The van der Waals surface area contributed by atoms with Gasteiger partial charge in [-0.05, 0) is 26.3 Å². The van der Waals surface area contributed by atoms with Gasteiger partial charge in [0.15, 0.2) is 0 Å². The Bertz CT molecular complexity index is 423. The molecule has 4 heteroatoms. The molecule has 0 aliphatic rings. The molecule has 2 atom stereocenters. The van der Waals surface area contributed by atoms with E-state index in [2.05, 4.69) is 5.32 Å². The van der Waals surface area contributed by atoms with E-state index >= 15 is 0 Å². The summed E-state index contributed by atoms with van der Waals surface area (Å²) in [6.45, 7) is 7.16. The van der Waals surface area contributed by atoms with Gasteiger partial charge in [0.25, 0.3) is 0 Å². The summed E-state index contributed by atoms with van der Waals surface area (Å²) in [5.74, 6) is -0.324. The summed E-state index contributed by atoms with van der Waals surface area (Å²) in [5.41, 5.74) is 0.323. The lowest BCUT2D eigenvalue weighted by molar-refractivity contribution is -0.111. The van der Waals surface area contributed by atoms with Crippen molar-refractivity contribution in [1.29, 1.82) is 0 Å². The van der Waals surface area contributed by atoms with E-state index in [-0.39, 0.29) is 12.0 Å². The van der Waals surface area contributed by atoms with Crippen LogP contribution < -0.4 is 5.32 Å². The second-order valence-corrected chi connectivity index (χ2v) is 5.53. The topological polar surface area (TPSA) is 55.4 Å². The lowest BCUT2D eigenvalue weighted by Gasteiger charge is -2.25. The zero-order valence-electron chi connectivity index (χ0n) is 11.8. The van der Waals surface area contributed by atoms with Crippen LogP contribution in [0, 0.1) is 5.92 Å². The molecule has 0 bridgehead atoms. The minimum atomic E-state index is -0.560. The van der Waals surface area contributed by atoms with Gasteiger partial charge in [-0.15, -0.1) is 0 Å². The Morgan fingerprint density at radius 1 is 1.26 bits per heavy atom. The second kappa shape index (κ2) is 6.36. The van der Waals surface area contributed by atoms with Crippen LogP contribution in [0.4, 0.5) is 4.79 Å². The molecule has 0 saturated carbocycles. The van der Waals surface area contributed by atoms with Crippen LogP contribution in [-0.4, -0.2) is 18.0 Å². The van der Waals surface area contributed by atoms with E-state index in [0.29, 0.717) is 0 Å². The number of hydrogen-bond acceptors (Lipinski definition) is 3. The predicted molar refractivity (Wildman–Crippen MR) is 73.8 cm³/mol. The summed E-state index contributed by atoms with van der Waals surface area (Å²) in [6.07, 6.45) is 0.310. The van der Waals surface area contributed by atoms with Crippen LogP contribution in [0.15, 0.2) is 30.3 Å². The number of amides is 1. The van der Waals surface area contributed by atoms with Crippen LogP contribution in [-0.2, 0) is 9.53 Å². The van der Waals surface area contributed by atoms with Crippen LogP contribution in [0.1, 0.15) is 39.3 Å². The average Bonchev–Trinajstić information content (AvgIpc) is 2.34. The number of carbonyl (C=O) groups is 2. The lowest BCUT2D eigenvalue weighted by Crippen LogP contribution is -2.37. The standard InChI is InChI=1S/C15H21NO3/c1-11(10-17)13(12-8-6-5-7-9-12)16-14(18)19-15(2,3)4/h5-11,13H,1-4H3,(H,16,18). The first-order chi connectivity index (χ1) is 8.83. The van der Waals surface area contributed by atoms with Gasteiger partial charge in [0.1, 0.15) is 11.9 Å². The van der Waals surface area contributed by atoms with Crippen molar-refractivity contribution in [2.45, 2.75) is 39.3 Å². The van der Waals surface area contributed by atoms with Gasteiger partial charge < -0.3 is 14.8 Å². The molecule has 1 N–H and O–H groups in total. The molecule has 0 aliphatic heterocycles. The quantitative estimate of drug-likeness (QED) is 0.849. The molecule has 0 aliphatic carbocycles. The van der Waals surface area contributed by atoms with Crippen LogP contribution >= 0.6 is 0 Å². The third kappa shape index (κ3) is 5.12. The van der Waals surface area contributed by atoms with Gasteiger partial charge in [-0.1, -0.05) is 37.3 Å². The van der Waals surface area contributed by atoms with Gasteiger partial charge in [0, 0.05) is 5.92 Å².